The van der Waals surface area contributed by atoms with E-state index < -0.39 is 89.2 Å². The van der Waals surface area contributed by atoms with Crippen LogP contribution in [0.2, 0.25) is 0 Å². The summed E-state index contributed by atoms with van der Waals surface area (Å²) in [6.45, 7) is 0.254. The van der Waals surface area contributed by atoms with Gasteiger partial charge in [0, 0.05) is 6.92 Å². The molecule has 26 nitrogen and oxygen atoms in total. The van der Waals surface area contributed by atoms with Crippen LogP contribution < -0.4 is 0 Å². The maximum absolute atomic E-state index is 13.1. The highest BCUT2D eigenvalue weighted by atomic mass is 31.3. The Hall–Kier alpha value is 0.130. The van der Waals surface area contributed by atoms with Gasteiger partial charge in [-0.1, -0.05) is 0 Å². The van der Waals surface area contributed by atoms with Crippen LogP contribution in [0.15, 0.2) is 0 Å². The highest BCUT2D eigenvalue weighted by Crippen LogP contribution is 2.79. The summed E-state index contributed by atoms with van der Waals surface area (Å²) >= 11 is 0. The molecule has 0 spiro atoms. The molecule has 2 unspecified atom stereocenters. The first-order chi connectivity index (χ1) is 17.5. The van der Waals surface area contributed by atoms with Crippen LogP contribution in [0.4, 0.5) is 0 Å². The number of phosphoric acid groups is 6. The van der Waals surface area contributed by atoms with Crippen molar-refractivity contribution < 1.29 is 123 Å². The number of hydrogen-bond acceptors (Lipinski definition) is 20. The summed E-state index contributed by atoms with van der Waals surface area (Å²) in [6.07, 6.45) is -14.3. The lowest BCUT2D eigenvalue weighted by molar-refractivity contribution is -0.336. The maximum atomic E-state index is 13.1. The van der Waals surface area contributed by atoms with E-state index in [1.54, 1.807) is 0 Å². The van der Waals surface area contributed by atoms with E-state index >= 15 is 0 Å². The smallest absolute Gasteiger partial charge is 0.387 e. The topological polar surface area (TPSA) is 427 Å². The second-order valence-electron chi connectivity index (χ2n) is 7.01. The summed E-state index contributed by atoms with van der Waals surface area (Å²) in [7, 11) is -39.4. The third-order valence-electron chi connectivity index (χ3n) is 3.71. The van der Waals surface area contributed by atoms with Crippen molar-refractivity contribution in [1.29, 1.82) is 0 Å². The van der Waals surface area contributed by atoms with E-state index in [0.29, 0.717) is 0 Å². The van der Waals surface area contributed by atoms with E-state index in [9.17, 15) is 62.8 Å². The van der Waals surface area contributed by atoms with Gasteiger partial charge in [0.2, 0.25) is 5.79 Å². The first-order valence-electron chi connectivity index (χ1n) is 9.02. The van der Waals surface area contributed by atoms with Crippen LogP contribution in [0.25, 0.3) is 0 Å². The molecule has 12 N–H and O–H groups in total. The first kappa shape index (κ1) is 38.2. The molecule has 8 atom stereocenters. The molecule has 1 aliphatic carbocycles. The van der Waals surface area contributed by atoms with Crippen molar-refractivity contribution in [2.75, 3.05) is 0 Å². The minimum Gasteiger partial charge on any atom is -0.387 e. The normalized spacial score (nSPS) is 31.7. The molecule has 40 heavy (non-hydrogen) atoms. The molecule has 1 aliphatic rings. The van der Waals surface area contributed by atoms with E-state index in [2.05, 4.69) is 30.6 Å². The minimum atomic E-state index is -6.91. The van der Waals surface area contributed by atoms with E-state index in [4.69, 9.17) is 29.4 Å². The van der Waals surface area contributed by atoms with E-state index in [0.717, 1.165) is 0 Å². The highest BCUT2D eigenvalue weighted by molar-refractivity contribution is 7.74. The largest absolute Gasteiger partial charge is 0.550 e. The monoisotopic (exact) mass is 718 g/mol. The Kier molecular flexibility index (Phi) is 12.0. The summed E-state index contributed by atoms with van der Waals surface area (Å²) in [4.78, 5) is 64.6. The molecule has 1 saturated carbocycles. The predicted molar refractivity (Wildman–Crippen MR) is 112 cm³/mol. The summed E-state index contributed by atoms with van der Waals surface area (Å²) in [6, 6.07) is 0. The summed E-state index contributed by atoms with van der Waals surface area (Å²) in [5.41, 5.74) is 0. The SMILES string of the molecule is CC(=O)OP(=O)(OP(=O)(O[C@]1(O)[C@H](O)[C@H](O)[C@@H](O)[C@H](O)[C@H]1O)OP(=O)(O)O)OP(=O)(OP(=O)(O)O)OP(=O)(O)O. The Bertz CT molecular complexity index is 1180. The molecule has 32 heteroatoms. The lowest BCUT2D eigenvalue weighted by Gasteiger charge is -2.47. The second-order valence-corrected chi connectivity index (χ2v) is 16.3. The standard InChI is InChI=1S/C8H20O26P6/c1-2(9)28-38(25,34-40(27,31-36(19,20)21)32-37(22,23)24)33-39(26,30-35(16,17)18)29-8(15)6(13)4(11)3(10)5(12)7(8)14/h3-7,10-15H,1H3,(H2,16,17,18)(H2,19,20,21)(H2,22,23,24)/t3-,4-,5+,6-,7-,8-,38?,39?/m1/s1. The number of aliphatic hydroxyl groups is 6. The molecule has 1 rings (SSSR count). The van der Waals surface area contributed by atoms with Gasteiger partial charge in [-0.2, -0.15) is 21.6 Å². The Labute approximate surface area is 219 Å². The van der Waals surface area contributed by atoms with Crippen LogP contribution in [0.1, 0.15) is 6.92 Å². The Morgan fingerprint density at radius 1 is 0.575 bits per heavy atom. The van der Waals surface area contributed by atoms with Crippen LogP contribution in [0, 0.1) is 0 Å². The maximum Gasteiger partial charge on any atom is 0.550 e. The average Bonchev–Trinajstić information content (AvgIpc) is 2.63. The molecule has 0 heterocycles. The van der Waals surface area contributed by atoms with Crippen LogP contribution in [0.5, 0.6) is 0 Å². The zero-order valence-corrected chi connectivity index (χ0v) is 24.0. The van der Waals surface area contributed by atoms with Gasteiger partial charge in [0.25, 0.3) is 0 Å². The number of aliphatic hydroxyl groups excluding tert-OH is 5. The van der Waals surface area contributed by atoms with Crippen LogP contribution in [0.3, 0.4) is 0 Å². The fraction of sp³-hybridized carbons (Fsp3) is 0.875. The molecule has 0 bridgehead atoms. The number of carbonyl (C=O) groups excluding carboxylic acids is 1. The molecule has 0 aliphatic heterocycles. The van der Waals surface area contributed by atoms with Gasteiger partial charge in [0.1, 0.15) is 30.5 Å². The van der Waals surface area contributed by atoms with E-state index in [-0.39, 0.29) is 6.92 Å². The predicted octanol–water partition coefficient (Wildman–Crippen LogP) is -3.24. The molecule has 0 aromatic rings. The van der Waals surface area contributed by atoms with Gasteiger partial charge in [-0.05, 0) is 0 Å². The highest BCUT2D eigenvalue weighted by Gasteiger charge is 2.64. The molecular weight excluding hydrogens is 698 g/mol. The molecule has 0 amide bonds. The fourth-order valence-electron chi connectivity index (χ4n) is 2.46. The molecule has 0 aromatic heterocycles. The minimum absolute atomic E-state index is 0.254. The lowest BCUT2D eigenvalue weighted by Crippen LogP contribution is -2.71. The van der Waals surface area contributed by atoms with Crippen molar-refractivity contribution in [2.24, 2.45) is 0 Å². The summed E-state index contributed by atoms with van der Waals surface area (Å²) < 4.78 is 97.6. The van der Waals surface area contributed by atoms with E-state index in [1.165, 1.54) is 0 Å². The van der Waals surface area contributed by atoms with Crippen molar-refractivity contribution in [3.05, 3.63) is 0 Å². The van der Waals surface area contributed by atoms with Crippen LogP contribution in [-0.4, -0.2) is 102 Å². The second kappa shape index (κ2) is 12.6. The van der Waals surface area contributed by atoms with Gasteiger partial charge < -0.3 is 64.5 Å². The van der Waals surface area contributed by atoms with Crippen LogP contribution in [-0.2, 0) is 62.8 Å². The Morgan fingerprint density at radius 2 is 0.900 bits per heavy atom. The molecule has 0 saturated heterocycles. The quantitative estimate of drug-likeness (QED) is 0.0657. The van der Waals surface area contributed by atoms with Crippen LogP contribution >= 0.6 is 46.9 Å². The van der Waals surface area contributed by atoms with Crippen molar-refractivity contribution >= 4 is 52.9 Å². The fourth-order valence-corrected chi connectivity index (χ4v) is 10.9. The zero-order chi connectivity index (χ0) is 31.9. The Balaban J connectivity index is 3.74. The van der Waals surface area contributed by atoms with Gasteiger partial charge in [-0.3, -0.25) is 4.79 Å². The lowest BCUT2D eigenvalue weighted by atomic mass is 9.82. The molecule has 0 radical (unpaired) electrons. The van der Waals surface area contributed by atoms with Crippen molar-refractivity contribution in [3.63, 3.8) is 0 Å². The summed E-state index contributed by atoms with van der Waals surface area (Å²) in [5.74, 6) is -6.20. The van der Waals surface area contributed by atoms with Crippen molar-refractivity contribution in [1.82, 2.24) is 0 Å². The molecule has 0 aromatic carbocycles. The number of hydrogen-bond donors (Lipinski definition) is 12. The van der Waals surface area contributed by atoms with Gasteiger partial charge in [-0.15, -0.1) is 0 Å². The van der Waals surface area contributed by atoms with Gasteiger partial charge in [-0.25, -0.2) is 31.9 Å². The third kappa shape index (κ3) is 11.0. The third-order valence-corrected chi connectivity index (χ3v) is 12.9. The van der Waals surface area contributed by atoms with Gasteiger partial charge >= 0.3 is 52.9 Å². The zero-order valence-electron chi connectivity index (χ0n) is 18.7. The average molecular weight is 718 g/mol. The Morgan fingerprint density at radius 3 is 1.23 bits per heavy atom. The van der Waals surface area contributed by atoms with E-state index in [1.807, 2.05) is 0 Å². The summed E-state index contributed by atoms with van der Waals surface area (Å²) in [5, 5.41) is 59.4. The molecular formula is C8H20O26P6. The first-order valence-corrected chi connectivity index (χ1v) is 18.0. The van der Waals surface area contributed by atoms with Gasteiger partial charge in [0.15, 0.2) is 0 Å². The molecule has 238 valence electrons. The van der Waals surface area contributed by atoms with Gasteiger partial charge in [0.05, 0.1) is 0 Å². The molecule has 1 fully saturated rings. The number of rotatable bonds is 13. The number of carbonyl (C=O) groups is 1. The van der Waals surface area contributed by atoms with Crippen molar-refractivity contribution in [2.45, 2.75) is 43.2 Å². The van der Waals surface area contributed by atoms with Crippen molar-refractivity contribution in [3.8, 4) is 0 Å².